The van der Waals surface area contributed by atoms with Crippen LogP contribution in [0, 0.1) is 0 Å². The quantitative estimate of drug-likeness (QED) is 0.746. The highest BCUT2D eigenvalue weighted by molar-refractivity contribution is 5.92. The summed E-state index contributed by atoms with van der Waals surface area (Å²) in [5.41, 5.74) is 4.14. The number of esters is 1. The van der Waals surface area contributed by atoms with Crippen LogP contribution in [0.4, 0.5) is 0 Å². The summed E-state index contributed by atoms with van der Waals surface area (Å²) in [6, 6.07) is 13.4. The van der Waals surface area contributed by atoms with E-state index < -0.39 is 12.1 Å². The van der Waals surface area contributed by atoms with Gasteiger partial charge in [0.05, 0.1) is 12.7 Å². The number of hydrogen-bond acceptors (Lipinski definition) is 4. The smallest absolute Gasteiger partial charge is 0.338 e. The average Bonchev–Trinajstić information content (AvgIpc) is 2.73. The molecule has 0 spiro atoms. The number of fused-ring (bicyclic) bond motifs is 1. The van der Waals surface area contributed by atoms with Crippen molar-refractivity contribution in [1.82, 2.24) is 5.32 Å². The van der Waals surface area contributed by atoms with E-state index in [2.05, 4.69) is 5.32 Å². The lowest BCUT2D eigenvalue weighted by molar-refractivity contribution is -0.129. The van der Waals surface area contributed by atoms with E-state index in [1.54, 1.807) is 20.1 Å². The first kappa shape index (κ1) is 19.9. The van der Waals surface area contributed by atoms with E-state index in [-0.39, 0.29) is 5.91 Å². The van der Waals surface area contributed by atoms with E-state index in [4.69, 9.17) is 9.47 Å². The summed E-state index contributed by atoms with van der Waals surface area (Å²) in [4.78, 5) is 24.6. The molecule has 0 bridgehead atoms. The molecule has 5 heteroatoms. The summed E-state index contributed by atoms with van der Waals surface area (Å²) >= 11 is 0. The van der Waals surface area contributed by atoms with Crippen molar-refractivity contribution in [3.8, 4) is 5.75 Å². The lowest BCUT2D eigenvalue weighted by Gasteiger charge is -2.17. The van der Waals surface area contributed by atoms with Crippen LogP contribution in [0.2, 0.25) is 0 Å². The second kappa shape index (κ2) is 9.40. The molecule has 1 aliphatic carbocycles. The van der Waals surface area contributed by atoms with Crippen molar-refractivity contribution in [1.29, 1.82) is 0 Å². The van der Waals surface area contributed by atoms with E-state index >= 15 is 0 Å². The average molecular weight is 381 g/mol. The van der Waals surface area contributed by atoms with Gasteiger partial charge in [-0.25, -0.2) is 4.79 Å². The van der Waals surface area contributed by atoms with Crippen molar-refractivity contribution < 1.29 is 19.1 Å². The van der Waals surface area contributed by atoms with E-state index in [1.807, 2.05) is 36.4 Å². The van der Waals surface area contributed by atoms with Crippen molar-refractivity contribution in [3.05, 3.63) is 64.7 Å². The minimum atomic E-state index is -0.834. The molecule has 148 valence electrons. The minimum Gasteiger partial charge on any atom is -0.497 e. The number of hydrogen-bond donors (Lipinski definition) is 1. The van der Waals surface area contributed by atoms with Crippen LogP contribution in [0.5, 0.6) is 5.75 Å². The van der Waals surface area contributed by atoms with Crippen LogP contribution >= 0.6 is 0 Å². The summed E-state index contributed by atoms with van der Waals surface area (Å²) < 4.78 is 10.5. The van der Waals surface area contributed by atoms with Crippen LogP contribution in [-0.2, 0) is 28.8 Å². The predicted octanol–water partition coefficient (Wildman–Crippen LogP) is 3.48. The predicted molar refractivity (Wildman–Crippen MR) is 108 cm³/mol. The molecule has 0 aliphatic heterocycles. The van der Waals surface area contributed by atoms with Gasteiger partial charge in [0.2, 0.25) is 0 Å². The Morgan fingerprint density at radius 1 is 1.04 bits per heavy atom. The third-order valence-electron chi connectivity index (χ3n) is 5.11. The summed E-state index contributed by atoms with van der Waals surface area (Å²) in [5, 5.41) is 2.82. The SMILES string of the molecule is COc1ccc(CCNC(=O)[C@@H](C)OC(=O)c2ccc3c(c2)CCCC3)cc1. The highest BCUT2D eigenvalue weighted by atomic mass is 16.5. The molecule has 0 saturated carbocycles. The molecule has 0 aromatic heterocycles. The largest absolute Gasteiger partial charge is 0.497 e. The normalized spacial score (nSPS) is 13.9. The lowest BCUT2D eigenvalue weighted by Crippen LogP contribution is -2.36. The second-order valence-corrected chi connectivity index (χ2v) is 7.13. The summed E-state index contributed by atoms with van der Waals surface area (Å²) in [7, 11) is 1.63. The maximum Gasteiger partial charge on any atom is 0.338 e. The topological polar surface area (TPSA) is 64.6 Å². The molecule has 5 nitrogen and oxygen atoms in total. The lowest BCUT2D eigenvalue weighted by atomic mass is 9.90. The maximum atomic E-state index is 12.4. The van der Waals surface area contributed by atoms with Crippen molar-refractivity contribution >= 4 is 11.9 Å². The Morgan fingerprint density at radius 2 is 1.75 bits per heavy atom. The monoisotopic (exact) mass is 381 g/mol. The van der Waals surface area contributed by atoms with Gasteiger partial charge in [-0.1, -0.05) is 18.2 Å². The Kier molecular flexibility index (Phi) is 6.69. The first-order chi connectivity index (χ1) is 13.6. The van der Waals surface area contributed by atoms with Crippen LogP contribution in [0.3, 0.4) is 0 Å². The zero-order valence-corrected chi connectivity index (χ0v) is 16.5. The molecular weight excluding hydrogens is 354 g/mol. The molecule has 1 aliphatic rings. The minimum absolute atomic E-state index is 0.292. The van der Waals surface area contributed by atoms with Gasteiger partial charge in [0.15, 0.2) is 6.10 Å². The zero-order chi connectivity index (χ0) is 19.9. The molecule has 2 aromatic carbocycles. The maximum absolute atomic E-state index is 12.4. The molecule has 1 atom stereocenters. The van der Waals surface area contributed by atoms with Gasteiger partial charge in [-0.05, 0) is 80.0 Å². The number of rotatable bonds is 7. The van der Waals surface area contributed by atoms with Crippen LogP contribution in [-0.4, -0.2) is 31.6 Å². The second-order valence-electron chi connectivity index (χ2n) is 7.13. The number of benzene rings is 2. The number of nitrogens with one attached hydrogen (secondary N) is 1. The molecule has 0 saturated heterocycles. The van der Waals surface area contributed by atoms with Gasteiger partial charge in [0.25, 0.3) is 5.91 Å². The van der Waals surface area contributed by atoms with E-state index in [0.717, 1.165) is 30.6 Å². The Hall–Kier alpha value is -2.82. The first-order valence-corrected chi connectivity index (χ1v) is 9.80. The molecule has 0 fully saturated rings. The molecule has 0 unspecified atom stereocenters. The van der Waals surface area contributed by atoms with Gasteiger partial charge in [0, 0.05) is 6.54 Å². The molecular formula is C23H27NO4. The number of amides is 1. The van der Waals surface area contributed by atoms with Crippen LogP contribution in [0.1, 0.15) is 46.8 Å². The highest BCUT2D eigenvalue weighted by Gasteiger charge is 2.20. The third-order valence-corrected chi connectivity index (χ3v) is 5.11. The number of carbonyl (C=O) groups excluding carboxylic acids is 2. The Labute approximate surface area is 166 Å². The molecule has 3 rings (SSSR count). The fourth-order valence-electron chi connectivity index (χ4n) is 3.41. The molecule has 1 amide bonds. The molecule has 28 heavy (non-hydrogen) atoms. The fraction of sp³-hybridized carbons (Fsp3) is 0.391. The number of ether oxygens (including phenoxy) is 2. The van der Waals surface area contributed by atoms with Crippen LogP contribution in [0.25, 0.3) is 0 Å². The highest BCUT2D eigenvalue weighted by Crippen LogP contribution is 2.22. The number of aryl methyl sites for hydroxylation is 2. The zero-order valence-electron chi connectivity index (χ0n) is 16.5. The van der Waals surface area contributed by atoms with Crippen molar-refractivity contribution in [3.63, 3.8) is 0 Å². The number of carbonyl (C=O) groups is 2. The Balaban J connectivity index is 1.47. The van der Waals surface area contributed by atoms with Crippen LogP contribution < -0.4 is 10.1 Å². The first-order valence-electron chi connectivity index (χ1n) is 9.80. The van der Waals surface area contributed by atoms with Gasteiger partial charge in [0.1, 0.15) is 5.75 Å². The summed E-state index contributed by atoms with van der Waals surface area (Å²) in [6.45, 7) is 2.07. The van der Waals surface area contributed by atoms with Crippen molar-refractivity contribution in [2.24, 2.45) is 0 Å². The molecule has 2 aromatic rings. The molecule has 1 N–H and O–H groups in total. The van der Waals surface area contributed by atoms with E-state index in [9.17, 15) is 9.59 Å². The summed E-state index contributed by atoms with van der Waals surface area (Å²) in [6.07, 6.45) is 4.28. The fourth-order valence-corrected chi connectivity index (χ4v) is 3.41. The molecule has 0 heterocycles. The van der Waals surface area contributed by atoms with E-state index in [0.29, 0.717) is 18.5 Å². The summed E-state index contributed by atoms with van der Waals surface area (Å²) in [5.74, 6) is 0.0569. The van der Waals surface area contributed by atoms with Crippen molar-refractivity contribution in [2.75, 3.05) is 13.7 Å². The van der Waals surface area contributed by atoms with Gasteiger partial charge in [-0.2, -0.15) is 0 Å². The molecule has 0 radical (unpaired) electrons. The van der Waals surface area contributed by atoms with Crippen LogP contribution in [0.15, 0.2) is 42.5 Å². The van der Waals surface area contributed by atoms with Gasteiger partial charge in [-0.15, -0.1) is 0 Å². The third kappa shape index (κ3) is 5.12. The van der Waals surface area contributed by atoms with Gasteiger partial charge in [-0.3, -0.25) is 4.79 Å². The van der Waals surface area contributed by atoms with E-state index in [1.165, 1.54) is 17.5 Å². The Morgan fingerprint density at radius 3 is 2.46 bits per heavy atom. The van der Waals surface area contributed by atoms with Gasteiger partial charge >= 0.3 is 5.97 Å². The number of methoxy groups -OCH3 is 1. The van der Waals surface area contributed by atoms with Gasteiger partial charge < -0.3 is 14.8 Å². The standard InChI is InChI=1S/C23H27NO4/c1-16(22(25)24-14-13-17-7-11-21(27-2)12-8-17)28-23(26)20-10-9-18-5-3-4-6-19(18)15-20/h7-12,15-16H,3-6,13-14H2,1-2H3,(H,24,25)/t16-/m1/s1. The Bertz CT molecular complexity index is 829. The van der Waals surface area contributed by atoms with Crippen molar-refractivity contribution in [2.45, 2.75) is 45.1 Å².